The van der Waals surface area contributed by atoms with Crippen molar-refractivity contribution in [3.05, 3.63) is 88.0 Å². The van der Waals surface area contributed by atoms with E-state index in [1.165, 1.54) is 0 Å². The average Bonchev–Trinajstić information content (AvgIpc) is 2.71. The Morgan fingerprint density at radius 3 is 2.50 bits per heavy atom. The van der Waals surface area contributed by atoms with E-state index >= 15 is 0 Å². The molecule has 3 rings (SSSR count). The first-order valence-electron chi connectivity index (χ1n) is 9.11. The Kier molecular flexibility index (Phi) is 7.97. The number of hydrogen-bond acceptors (Lipinski definition) is 4. The normalized spacial score (nSPS) is 10.6. The van der Waals surface area contributed by atoms with Gasteiger partial charge in [0.1, 0.15) is 12.4 Å². The van der Waals surface area contributed by atoms with Crippen molar-refractivity contribution in [2.45, 2.75) is 19.6 Å². The Balaban J connectivity index is 1.40. The van der Waals surface area contributed by atoms with Crippen molar-refractivity contribution in [1.82, 2.24) is 10.3 Å². The highest BCUT2D eigenvalue weighted by Gasteiger charge is 2.06. The van der Waals surface area contributed by atoms with E-state index in [2.05, 4.69) is 16.4 Å². The molecule has 0 fully saturated rings. The fourth-order valence-corrected chi connectivity index (χ4v) is 3.12. The number of aromatic nitrogens is 1. The molecule has 0 amide bonds. The Hall–Kier alpha value is -2.27. The molecule has 0 saturated carbocycles. The van der Waals surface area contributed by atoms with Gasteiger partial charge in [-0.25, -0.2) is 4.98 Å². The highest BCUT2D eigenvalue weighted by atomic mass is 35.5. The Morgan fingerprint density at radius 1 is 0.893 bits per heavy atom. The number of hydrogen-bond donors (Lipinski definition) is 1. The molecule has 1 N–H and O–H groups in total. The third-order valence-corrected chi connectivity index (χ3v) is 4.77. The predicted octanol–water partition coefficient (Wildman–Crippen LogP) is 5.53. The molecule has 0 aliphatic heterocycles. The van der Waals surface area contributed by atoms with Crippen LogP contribution in [0.25, 0.3) is 0 Å². The van der Waals surface area contributed by atoms with Gasteiger partial charge in [-0.3, -0.25) is 0 Å². The van der Waals surface area contributed by atoms with E-state index in [1.807, 2.05) is 54.6 Å². The van der Waals surface area contributed by atoms with E-state index in [0.29, 0.717) is 29.1 Å². The molecule has 0 aliphatic carbocycles. The Bertz CT molecular complexity index is 855. The van der Waals surface area contributed by atoms with Crippen molar-refractivity contribution >= 4 is 23.2 Å². The summed E-state index contributed by atoms with van der Waals surface area (Å²) < 4.78 is 11.4. The van der Waals surface area contributed by atoms with Crippen LogP contribution in [-0.2, 0) is 13.2 Å². The van der Waals surface area contributed by atoms with E-state index < -0.39 is 0 Å². The fraction of sp³-hybridized carbons (Fsp3) is 0.227. The smallest absolute Gasteiger partial charge is 0.213 e. The second kappa shape index (κ2) is 10.9. The molecule has 0 bridgehead atoms. The van der Waals surface area contributed by atoms with Gasteiger partial charge in [-0.15, -0.1) is 0 Å². The summed E-state index contributed by atoms with van der Waals surface area (Å²) in [6, 6.07) is 19.1. The number of nitrogens with one attached hydrogen (secondary N) is 1. The van der Waals surface area contributed by atoms with Crippen LogP contribution in [-0.4, -0.2) is 18.1 Å². The van der Waals surface area contributed by atoms with E-state index in [4.69, 9.17) is 32.7 Å². The molecule has 2 aromatic carbocycles. The number of benzene rings is 2. The van der Waals surface area contributed by atoms with Gasteiger partial charge in [0, 0.05) is 34.4 Å². The van der Waals surface area contributed by atoms with Gasteiger partial charge in [0.05, 0.1) is 6.61 Å². The summed E-state index contributed by atoms with van der Waals surface area (Å²) in [6.07, 6.45) is 2.63. The van der Waals surface area contributed by atoms with Crippen LogP contribution in [0.15, 0.2) is 66.9 Å². The standard InChI is InChI=1S/C22H22Cl2N2O2/c23-20-8-4-9-21(24)19(20)16-28-18-7-3-6-17(14-18)15-25-11-5-13-27-22-10-1-2-12-26-22/h1-4,6-10,12,14,25H,5,11,13,15-16H2. The Morgan fingerprint density at radius 2 is 1.71 bits per heavy atom. The molecule has 0 saturated heterocycles. The third-order valence-electron chi connectivity index (χ3n) is 4.06. The lowest BCUT2D eigenvalue weighted by Crippen LogP contribution is -2.17. The molecule has 0 spiro atoms. The van der Waals surface area contributed by atoms with Crippen LogP contribution in [0.3, 0.4) is 0 Å². The fourth-order valence-electron chi connectivity index (χ4n) is 2.61. The molecule has 0 radical (unpaired) electrons. The summed E-state index contributed by atoms with van der Waals surface area (Å²) in [5.74, 6) is 1.44. The van der Waals surface area contributed by atoms with Crippen molar-refractivity contribution in [3.63, 3.8) is 0 Å². The van der Waals surface area contributed by atoms with Gasteiger partial charge in [0.15, 0.2) is 0 Å². The molecule has 0 aliphatic rings. The monoisotopic (exact) mass is 416 g/mol. The van der Waals surface area contributed by atoms with Gasteiger partial charge in [-0.1, -0.05) is 47.5 Å². The van der Waals surface area contributed by atoms with Crippen LogP contribution >= 0.6 is 23.2 Å². The summed E-state index contributed by atoms with van der Waals surface area (Å²) in [6.45, 7) is 2.58. The Labute approximate surface area is 175 Å². The van der Waals surface area contributed by atoms with Crippen molar-refractivity contribution in [3.8, 4) is 11.6 Å². The first kappa shape index (κ1) is 20.5. The maximum atomic E-state index is 6.19. The highest BCUT2D eigenvalue weighted by Crippen LogP contribution is 2.26. The molecule has 1 aromatic heterocycles. The lowest BCUT2D eigenvalue weighted by Gasteiger charge is -2.11. The molecule has 3 aromatic rings. The minimum atomic E-state index is 0.334. The second-order valence-electron chi connectivity index (χ2n) is 6.18. The average molecular weight is 417 g/mol. The highest BCUT2D eigenvalue weighted by molar-refractivity contribution is 6.35. The third kappa shape index (κ3) is 6.41. The summed E-state index contributed by atoms with van der Waals surface area (Å²) in [4.78, 5) is 4.13. The van der Waals surface area contributed by atoms with E-state index in [1.54, 1.807) is 6.20 Å². The van der Waals surface area contributed by atoms with Crippen LogP contribution in [0.1, 0.15) is 17.5 Å². The molecule has 0 unspecified atom stereocenters. The maximum Gasteiger partial charge on any atom is 0.213 e. The van der Waals surface area contributed by atoms with Crippen LogP contribution in [0.2, 0.25) is 10.0 Å². The van der Waals surface area contributed by atoms with Crippen molar-refractivity contribution in [1.29, 1.82) is 0 Å². The number of halogens is 2. The summed E-state index contributed by atoms with van der Waals surface area (Å²) in [5, 5.41) is 4.63. The number of rotatable bonds is 10. The zero-order valence-electron chi connectivity index (χ0n) is 15.4. The zero-order chi connectivity index (χ0) is 19.6. The molecular formula is C22H22Cl2N2O2. The van der Waals surface area contributed by atoms with Crippen LogP contribution < -0.4 is 14.8 Å². The largest absolute Gasteiger partial charge is 0.489 e. The first-order valence-corrected chi connectivity index (χ1v) is 9.87. The minimum Gasteiger partial charge on any atom is -0.489 e. The van der Waals surface area contributed by atoms with Gasteiger partial charge in [0.2, 0.25) is 5.88 Å². The SMILES string of the molecule is Clc1cccc(Cl)c1COc1cccc(CNCCCOc2ccccn2)c1. The van der Waals surface area contributed by atoms with Gasteiger partial charge in [-0.2, -0.15) is 0 Å². The number of ether oxygens (including phenoxy) is 2. The van der Waals surface area contributed by atoms with E-state index in [-0.39, 0.29) is 0 Å². The summed E-state index contributed by atoms with van der Waals surface area (Å²) in [5.41, 5.74) is 1.94. The number of nitrogens with zero attached hydrogens (tertiary/aromatic N) is 1. The molecule has 0 atom stereocenters. The molecule has 146 valence electrons. The van der Waals surface area contributed by atoms with Crippen molar-refractivity contribution in [2.75, 3.05) is 13.2 Å². The van der Waals surface area contributed by atoms with Crippen LogP contribution in [0.4, 0.5) is 0 Å². The molecule has 1 heterocycles. The molecule has 6 heteroatoms. The van der Waals surface area contributed by atoms with Crippen LogP contribution in [0.5, 0.6) is 11.6 Å². The minimum absolute atomic E-state index is 0.334. The number of pyridine rings is 1. The van der Waals surface area contributed by atoms with Crippen molar-refractivity contribution < 1.29 is 9.47 Å². The maximum absolute atomic E-state index is 6.19. The van der Waals surface area contributed by atoms with Gasteiger partial charge < -0.3 is 14.8 Å². The summed E-state index contributed by atoms with van der Waals surface area (Å²) >= 11 is 12.4. The lowest BCUT2D eigenvalue weighted by molar-refractivity contribution is 0.296. The van der Waals surface area contributed by atoms with Gasteiger partial charge in [0.25, 0.3) is 0 Å². The predicted molar refractivity (Wildman–Crippen MR) is 113 cm³/mol. The van der Waals surface area contributed by atoms with Crippen molar-refractivity contribution in [2.24, 2.45) is 0 Å². The lowest BCUT2D eigenvalue weighted by atomic mass is 10.2. The topological polar surface area (TPSA) is 43.4 Å². The van der Waals surface area contributed by atoms with Gasteiger partial charge in [-0.05, 0) is 48.9 Å². The summed E-state index contributed by atoms with van der Waals surface area (Å²) in [7, 11) is 0. The molecule has 28 heavy (non-hydrogen) atoms. The van der Waals surface area contributed by atoms with E-state index in [0.717, 1.165) is 36.4 Å². The van der Waals surface area contributed by atoms with Crippen LogP contribution in [0, 0.1) is 0 Å². The zero-order valence-corrected chi connectivity index (χ0v) is 16.9. The molecular weight excluding hydrogens is 395 g/mol. The first-order chi connectivity index (χ1) is 13.7. The van der Waals surface area contributed by atoms with E-state index in [9.17, 15) is 0 Å². The molecule has 4 nitrogen and oxygen atoms in total. The van der Waals surface area contributed by atoms with Gasteiger partial charge >= 0.3 is 0 Å². The quantitative estimate of drug-likeness (QED) is 0.441. The second-order valence-corrected chi connectivity index (χ2v) is 7.00.